The zero-order valence-electron chi connectivity index (χ0n) is 6.04. The molecule has 4 heteroatoms. The summed E-state index contributed by atoms with van der Waals surface area (Å²) in [7, 11) is 0. The topological polar surface area (TPSA) is 37.3 Å². The Kier molecular flexibility index (Phi) is 21.5. The number of carboxylic acid groups (broad SMARTS) is 1. The molecule has 0 aromatic heterocycles. The van der Waals surface area contributed by atoms with E-state index in [1.54, 1.807) is 12.2 Å². The van der Waals surface area contributed by atoms with E-state index >= 15 is 0 Å². The number of rotatable bonds is 2. The summed E-state index contributed by atoms with van der Waals surface area (Å²) < 4.78 is 0. The Bertz CT molecular complexity index is 132. The van der Waals surface area contributed by atoms with Crippen LogP contribution in [0.25, 0.3) is 0 Å². The molecule has 52 valence electrons. The number of aliphatic carboxylic acids is 1. The van der Waals surface area contributed by atoms with Gasteiger partial charge in [-0.05, 0) is 6.92 Å². The SMILES string of the molecule is CC=CC=CC(=O)O.[Cl-].[K+]. The predicted molar refractivity (Wildman–Crippen MR) is 31.6 cm³/mol. The monoisotopic (exact) mass is 186 g/mol. The van der Waals surface area contributed by atoms with Crippen LogP contribution in [0.15, 0.2) is 24.3 Å². The minimum Gasteiger partial charge on any atom is -1.00 e. The number of halogens is 1. The molecule has 0 atom stereocenters. The molecule has 1 N–H and O–H groups in total. The van der Waals surface area contributed by atoms with Gasteiger partial charge in [-0.2, -0.15) is 0 Å². The van der Waals surface area contributed by atoms with Gasteiger partial charge < -0.3 is 17.5 Å². The fourth-order valence-corrected chi connectivity index (χ4v) is 0.249. The van der Waals surface area contributed by atoms with Crippen LogP contribution in [-0.2, 0) is 4.79 Å². The van der Waals surface area contributed by atoms with Crippen LogP contribution in [0.1, 0.15) is 6.92 Å². The van der Waals surface area contributed by atoms with E-state index in [9.17, 15) is 4.79 Å². The molecule has 0 rings (SSSR count). The maximum atomic E-state index is 9.75. The number of hydrogen-bond donors (Lipinski definition) is 1. The molecule has 0 spiro atoms. The maximum Gasteiger partial charge on any atom is 1.00 e. The average molecular weight is 187 g/mol. The van der Waals surface area contributed by atoms with E-state index in [2.05, 4.69) is 0 Å². The van der Waals surface area contributed by atoms with Gasteiger partial charge in [-0.1, -0.05) is 18.2 Å². The molecule has 0 bridgehead atoms. The van der Waals surface area contributed by atoms with E-state index in [0.29, 0.717) is 0 Å². The summed E-state index contributed by atoms with van der Waals surface area (Å²) >= 11 is 0. The summed E-state index contributed by atoms with van der Waals surface area (Å²) in [6, 6.07) is 0. The zero-order chi connectivity index (χ0) is 6.41. The molecule has 0 saturated heterocycles. The van der Waals surface area contributed by atoms with Gasteiger partial charge in [0.1, 0.15) is 0 Å². The van der Waals surface area contributed by atoms with Gasteiger partial charge in [0.15, 0.2) is 0 Å². The third-order valence-electron chi connectivity index (χ3n) is 0.542. The van der Waals surface area contributed by atoms with Crippen molar-refractivity contribution in [2.24, 2.45) is 0 Å². The first-order valence-corrected chi connectivity index (χ1v) is 2.29. The van der Waals surface area contributed by atoms with E-state index in [-0.39, 0.29) is 63.8 Å². The molecule has 0 amide bonds. The van der Waals surface area contributed by atoms with Gasteiger partial charge in [0, 0.05) is 6.08 Å². The van der Waals surface area contributed by atoms with Crippen molar-refractivity contribution >= 4 is 5.97 Å². The van der Waals surface area contributed by atoms with Crippen LogP contribution in [0.5, 0.6) is 0 Å². The number of hydrogen-bond acceptors (Lipinski definition) is 1. The Morgan fingerprint density at radius 1 is 1.40 bits per heavy atom. The second-order valence-corrected chi connectivity index (χ2v) is 1.22. The molecule has 2 nitrogen and oxygen atoms in total. The molecule has 0 heterocycles. The van der Waals surface area contributed by atoms with Crippen LogP contribution in [0.2, 0.25) is 0 Å². The average Bonchev–Trinajstić information content (AvgIpc) is 1.66. The van der Waals surface area contributed by atoms with Crippen molar-refractivity contribution in [2.75, 3.05) is 0 Å². The van der Waals surface area contributed by atoms with Crippen molar-refractivity contribution < 1.29 is 73.7 Å². The van der Waals surface area contributed by atoms with Gasteiger partial charge in [-0.15, -0.1) is 0 Å². The van der Waals surface area contributed by atoms with E-state index < -0.39 is 5.97 Å². The van der Waals surface area contributed by atoms with Crippen LogP contribution in [0.3, 0.4) is 0 Å². The van der Waals surface area contributed by atoms with Gasteiger partial charge in [-0.3, -0.25) is 0 Å². The first kappa shape index (κ1) is 17.1. The first-order valence-electron chi connectivity index (χ1n) is 2.29. The van der Waals surface area contributed by atoms with Crippen LogP contribution in [-0.4, -0.2) is 11.1 Å². The molecule has 0 aromatic rings. The Hall–Kier alpha value is 0.876. The summed E-state index contributed by atoms with van der Waals surface area (Å²) in [6.45, 7) is 1.83. The molecule has 0 aliphatic heterocycles. The second-order valence-electron chi connectivity index (χ2n) is 1.22. The quantitative estimate of drug-likeness (QED) is 0.267. The summed E-state index contributed by atoms with van der Waals surface area (Å²) in [5, 5.41) is 8.02. The van der Waals surface area contributed by atoms with Gasteiger partial charge >= 0.3 is 57.4 Å². The summed E-state index contributed by atoms with van der Waals surface area (Å²) in [4.78, 5) is 9.75. The summed E-state index contributed by atoms with van der Waals surface area (Å²) in [5.41, 5.74) is 0. The van der Waals surface area contributed by atoms with E-state index in [0.717, 1.165) is 6.08 Å². The third-order valence-corrected chi connectivity index (χ3v) is 0.542. The number of carboxylic acids is 1. The Balaban J connectivity index is -0.000000245. The van der Waals surface area contributed by atoms with Crippen LogP contribution in [0, 0.1) is 0 Å². The van der Waals surface area contributed by atoms with Gasteiger partial charge in [0.2, 0.25) is 0 Å². The fourth-order valence-electron chi connectivity index (χ4n) is 0.249. The van der Waals surface area contributed by atoms with E-state index in [4.69, 9.17) is 5.11 Å². The van der Waals surface area contributed by atoms with Crippen molar-refractivity contribution in [1.82, 2.24) is 0 Å². The van der Waals surface area contributed by atoms with Crippen molar-refractivity contribution in [3.63, 3.8) is 0 Å². The predicted octanol–water partition coefficient (Wildman–Crippen LogP) is -4.79. The van der Waals surface area contributed by atoms with Gasteiger partial charge in [0.05, 0.1) is 0 Å². The van der Waals surface area contributed by atoms with Crippen molar-refractivity contribution in [2.45, 2.75) is 6.92 Å². The minimum atomic E-state index is -0.914. The summed E-state index contributed by atoms with van der Waals surface area (Å²) in [5.74, 6) is -0.914. The minimum absolute atomic E-state index is 0. The molecule has 0 unspecified atom stereocenters. The fraction of sp³-hybridized carbons (Fsp3) is 0.167. The molecule has 10 heavy (non-hydrogen) atoms. The molecular weight excluding hydrogens is 179 g/mol. The Morgan fingerprint density at radius 3 is 2.20 bits per heavy atom. The van der Waals surface area contributed by atoms with Crippen molar-refractivity contribution in [3.05, 3.63) is 24.3 Å². The smallest absolute Gasteiger partial charge is 1.00 e. The van der Waals surface area contributed by atoms with Crippen molar-refractivity contribution in [1.29, 1.82) is 0 Å². The third kappa shape index (κ3) is 15.9. The first-order chi connectivity index (χ1) is 3.77. The van der Waals surface area contributed by atoms with Crippen LogP contribution < -0.4 is 63.8 Å². The molecule has 0 aliphatic rings. The normalized spacial score (nSPS) is 8.90. The van der Waals surface area contributed by atoms with E-state index in [1.807, 2.05) is 6.92 Å². The molecule has 0 radical (unpaired) electrons. The molecule has 0 aliphatic carbocycles. The molecule has 0 saturated carbocycles. The van der Waals surface area contributed by atoms with Crippen LogP contribution in [0.4, 0.5) is 0 Å². The summed E-state index contributed by atoms with van der Waals surface area (Å²) in [6.07, 6.45) is 5.98. The molecule has 0 fully saturated rings. The van der Waals surface area contributed by atoms with Crippen molar-refractivity contribution in [3.8, 4) is 0 Å². The maximum absolute atomic E-state index is 9.75. The standard InChI is InChI=1S/C6H8O2.ClH.K/c1-2-3-4-5-6(7)8;;/h2-5H,1H3,(H,7,8);1H;/q;;+1/p-1. The van der Waals surface area contributed by atoms with Gasteiger partial charge in [0.25, 0.3) is 0 Å². The Morgan fingerprint density at radius 2 is 1.90 bits per heavy atom. The second kappa shape index (κ2) is 12.5. The number of allylic oxidation sites excluding steroid dienone is 3. The zero-order valence-corrected chi connectivity index (χ0v) is 9.92. The largest absolute Gasteiger partial charge is 1.00 e. The van der Waals surface area contributed by atoms with E-state index in [1.165, 1.54) is 6.08 Å². The molecule has 0 aromatic carbocycles. The Labute approximate surface area is 109 Å². The van der Waals surface area contributed by atoms with Gasteiger partial charge in [-0.25, -0.2) is 4.79 Å². The van der Waals surface area contributed by atoms with Crippen LogP contribution >= 0.6 is 0 Å². The number of carbonyl (C=O) groups is 1. The molecular formula is C6H8ClKO2.